The van der Waals surface area contributed by atoms with Crippen LogP contribution < -0.4 is 4.74 Å². The fraction of sp³-hybridized carbons (Fsp3) is 0.538. The standard InChI is InChI=1S/C13H17FO2/c1-16-11-5-6-12(13(14)8-11)9-3-2-4-10(15)7-9/h5-6,8-10,15H,2-4,7H2,1H3. The lowest BCUT2D eigenvalue weighted by atomic mass is 9.82. The minimum atomic E-state index is -0.278. The van der Waals surface area contributed by atoms with Crippen molar-refractivity contribution < 1.29 is 14.2 Å². The van der Waals surface area contributed by atoms with E-state index in [1.54, 1.807) is 12.1 Å². The van der Waals surface area contributed by atoms with Crippen LogP contribution in [0.4, 0.5) is 4.39 Å². The number of aliphatic hydroxyl groups excluding tert-OH is 1. The third-order valence-corrected chi connectivity index (χ3v) is 3.29. The van der Waals surface area contributed by atoms with Crippen LogP contribution in [0.25, 0.3) is 0 Å². The molecule has 1 fully saturated rings. The van der Waals surface area contributed by atoms with Gasteiger partial charge in [-0.05, 0) is 36.8 Å². The van der Waals surface area contributed by atoms with Gasteiger partial charge in [-0.25, -0.2) is 4.39 Å². The summed E-state index contributed by atoms with van der Waals surface area (Å²) in [7, 11) is 1.53. The van der Waals surface area contributed by atoms with Crippen molar-refractivity contribution in [3.8, 4) is 5.75 Å². The van der Waals surface area contributed by atoms with Crippen molar-refractivity contribution in [2.75, 3.05) is 7.11 Å². The highest BCUT2D eigenvalue weighted by molar-refractivity contribution is 5.31. The fourth-order valence-corrected chi connectivity index (χ4v) is 2.41. The van der Waals surface area contributed by atoms with Gasteiger partial charge in [-0.3, -0.25) is 0 Å². The topological polar surface area (TPSA) is 29.5 Å². The molecular weight excluding hydrogens is 207 g/mol. The third kappa shape index (κ3) is 2.35. The van der Waals surface area contributed by atoms with Crippen molar-refractivity contribution in [3.63, 3.8) is 0 Å². The summed E-state index contributed by atoms with van der Waals surface area (Å²) in [5, 5.41) is 9.59. The van der Waals surface area contributed by atoms with E-state index < -0.39 is 0 Å². The molecule has 0 radical (unpaired) electrons. The first kappa shape index (κ1) is 11.4. The number of methoxy groups -OCH3 is 1. The molecule has 2 nitrogen and oxygen atoms in total. The Morgan fingerprint density at radius 2 is 2.19 bits per heavy atom. The molecule has 0 bridgehead atoms. The first-order valence-electron chi connectivity index (χ1n) is 5.72. The minimum absolute atomic E-state index is 0.148. The molecule has 0 saturated heterocycles. The normalized spacial score (nSPS) is 25.4. The zero-order valence-electron chi connectivity index (χ0n) is 9.45. The van der Waals surface area contributed by atoms with Crippen molar-refractivity contribution in [1.29, 1.82) is 0 Å². The van der Waals surface area contributed by atoms with E-state index in [0.717, 1.165) is 19.3 Å². The molecule has 0 spiro atoms. The first-order valence-corrected chi connectivity index (χ1v) is 5.72. The summed E-state index contributed by atoms with van der Waals surface area (Å²) >= 11 is 0. The van der Waals surface area contributed by atoms with Crippen LogP contribution in [0, 0.1) is 5.82 Å². The van der Waals surface area contributed by atoms with Crippen molar-refractivity contribution in [2.45, 2.75) is 37.7 Å². The monoisotopic (exact) mass is 224 g/mol. The Kier molecular flexibility index (Phi) is 3.44. The van der Waals surface area contributed by atoms with E-state index >= 15 is 0 Å². The highest BCUT2D eigenvalue weighted by Crippen LogP contribution is 2.35. The largest absolute Gasteiger partial charge is 0.497 e. The Hall–Kier alpha value is -1.09. The molecule has 3 heteroatoms. The van der Waals surface area contributed by atoms with Crippen molar-refractivity contribution in [3.05, 3.63) is 29.6 Å². The van der Waals surface area contributed by atoms with Gasteiger partial charge in [-0.15, -0.1) is 0 Å². The van der Waals surface area contributed by atoms with E-state index in [1.807, 2.05) is 0 Å². The van der Waals surface area contributed by atoms with Crippen LogP contribution in [0.15, 0.2) is 18.2 Å². The second-order valence-corrected chi connectivity index (χ2v) is 4.40. The predicted molar refractivity (Wildman–Crippen MR) is 60.2 cm³/mol. The Morgan fingerprint density at radius 3 is 2.81 bits per heavy atom. The summed E-state index contributed by atoms with van der Waals surface area (Å²) in [6.45, 7) is 0. The SMILES string of the molecule is COc1ccc(C2CCCC(O)C2)c(F)c1. The molecular formula is C13H17FO2. The molecule has 0 aliphatic heterocycles. The third-order valence-electron chi connectivity index (χ3n) is 3.29. The molecule has 1 aliphatic carbocycles. The summed E-state index contributed by atoms with van der Waals surface area (Å²) in [5.74, 6) is 0.464. The van der Waals surface area contributed by atoms with E-state index in [4.69, 9.17) is 4.74 Å². The summed E-state index contributed by atoms with van der Waals surface area (Å²) in [6.07, 6.45) is 3.16. The van der Waals surface area contributed by atoms with Crippen molar-refractivity contribution in [1.82, 2.24) is 0 Å². The number of halogens is 1. The summed E-state index contributed by atoms with van der Waals surface area (Å²) in [4.78, 5) is 0. The summed E-state index contributed by atoms with van der Waals surface area (Å²) in [6, 6.07) is 4.96. The fourth-order valence-electron chi connectivity index (χ4n) is 2.41. The van der Waals surface area contributed by atoms with Gasteiger partial charge in [0, 0.05) is 6.07 Å². The molecule has 1 aromatic rings. The average Bonchev–Trinajstić information content (AvgIpc) is 2.28. The lowest BCUT2D eigenvalue weighted by Gasteiger charge is -2.26. The van der Waals surface area contributed by atoms with Gasteiger partial charge < -0.3 is 9.84 Å². The van der Waals surface area contributed by atoms with E-state index in [9.17, 15) is 9.50 Å². The van der Waals surface area contributed by atoms with Gasteiger partial charge in [0.05, 0.1) is 13.2 Å². The van der Waals surface area contributed by atoms with Crippen molar-refractivity contribution in [2.24, 2.45) is 0 Å². The van der Waals surface area contributed by atoms with Crippen LogP contribution >= 0.6 is 0 Å². The van der Waals surface area contributed by atoms with E-state index in [-0.39, 0.29) is 17.8 Å². The molecule has 1 N–H and O–H groups in total. The Morgan fingerprint density at radius 1 is 1.38 bits per heavy atom. The molecule has 2 unspecified atom stereocenters. The van der Waals surface area contributed by atoms with Gasteiger partial charge in [-0.2, -0.15) is 0 Å². The average molecular weight is 224 g/mol. The molecule has 0 amide bonds. The molecule has 0 aromatic heterocycles. The Labute approximate surface area is 95.1 Å². The molecule has 16 heavy (non-hydrogen) atoms. The Balaban J connectivity index is 2.19. The number of rotatable bonds is 2. The van der Waals surface area contributed by atoms with Crippen molar-refractivity contribution >= 4 is 0 Å². The van der Waals surface area contributed by atoms with Crippen LogP contribution in [-0.4, -0.2) is 18.3 Å². The van der Waals surface area contributed by atoms with Crippen LogP contribution in [0.5, 0.6) is 5.75 Å². The zero-order valence-corrected chi connectivity index (χ0v) is 9.45. The van der Waals surface area contributed by atoms with Gasteiger partial charge in [0.25, 0.3) is 0 Å². The van der Waals surface area contributed by atoms with Crippen LogP contribution in [0.3, 0.4) is 0 Å². The predicted octanol–water partition coefficient (Wildman–Crippen LogP) is 2.85. The van der Waals surface area contributed by atoms with Gasteiger partial charge in [0.15, 0.2) is 0 Å². The summed E-state index contributed by atoms with van der Waals surface area (Å²) < 4.78 is 18.8. The molecule has 2 rings (SSSR count). The maximum absolute atomic E-state index is 13.8. The van der Waals surface area contributed by atoms with Crippen LogP contribution in [0.2, 0.25) is 0 Å². The molecule has 1 aliphatic rings. The van der Waals surface area contributed by atoms with Crippen LogP contribution in [-0.2, 0) is 0 Å². The quantitative estimate of drug-likeness (QED) is 0.837. The smallest absolute Gasteiger partial charge is 0.130 e. The molecule has 88 valence electrons. The minimum Gasteiger partial charge on any atom is -0.497 e. The second kappa shape index (κ2) is 4.83. The van der Waals surface area contributed by atoms with E-state index in [0.29, 0.717) is 17.7 Å². The lowest BCUT2D eigenvalue weighted by molar-refractivity contribution is 0.119. The number of hydrogen-bond acceptors (Lipinski definition) is 2. The molecule has 0 heterocycles. The van der Waals surface area contributed by atoms with Gasteiger partial charge in [0.1, 0.15) is 11.6 Å². The highest BCUT2D eigenvalue weighted by Gasteiger charge is 2.23. The summed E-state index contributed by atoms with van der Waals surface area (Å²) in [5.41, 5.74) is 0.708. The van der Waals surface area contributed by atoms with Gasteiger partial charge in [-0.1, -0.05) is 12.5 Å². The number of aliphatic hydroxyl groups is 1. The zero-order chi connectivity index (χ0) is 11.5. The number of benzene rings is 1. The second-order valence-electron chi connectivity index (χ2n) is 4.40. The maximum atomic E-state index is 13.8. The number of ether oxygens (including phenoxy) is 1. The van der Waals surface area contributed by atoms with Gasteiger partial charge in [0.2, 0.25) is 0 Å². The number of hydrogen-bond donors (Lipinski definition) is 1. The molecule has 2 atom stereocenters. The first-order chi connectivity index (χ1) is 7.70. The lowest BCUT2D eigenvalue weighted by Crippen LogP contribution is -2.18. The highest BCUT2D eigenvalue weighted by atomic mass is 19.1. The van der Waals surface area contributed by atoms with Crippen LogP contribution in [0.1, 0.15) is 37.2 Å². The van der Waals surface area contributed by atoms with E-state index in [1.165, 1.54) is 13.2 Å². The van der Waals surface area contributed by atoms with E-state index in [2.05, 4.69) is 0 Å². The maximum Gasteiger partial charge on any atom is 0.130 e. The Bertz CT molecular complexity index is 365. The molecule has 1 aromatic carbocycles. The van der Waals surface area contributed by atoms with Gasteiger partial charge >= 0.3 is 0 Å². The molecule has 1 saturated carbocycles.